The van der Waals surface area contributed by atoms with Gasteiger partial charge < -0.3 is 15.5 Å². The van der Waals surface area contributed by atoms with E-state index in [0.717, 1.165) is 31.5 Å². The third-order valence-corrected chi connectivity index (χ3v) is 5.67. The Balaban J connectivity index is 1.42. The number of piperidine rings is 1. The molecule has 2 N–H and O–H groups in total. The average molecular weight is 343 g/mol. The number of nitrogens with one attached hydrogen (secondary N) is 2. The van der Waals surface area contributed by atoms with Gasteiger partial charge in [-0.05, 0) is 44.3 Å². The molecule has 25 heavy (non-hydrogen) atoms. The molecule has 136 valence electrons. The number of benzene rings is 1. The van der Waals surface area contributed by atoms with Crippen LogP contribution in [0, 0.1) is 24.7 Å². The summed E-state index contributed by atoms with van der Waals surface area (Å²) in [5.41, 5.74) is 2.34. The summed E-state index contributed by atoms with van der Waals surface area (Å²) in [5, 5.41) is 6.27. The van der Waals surface area contributed by atoms with Gasteiger partial charge in [-0.1, -0.05) is 36.8 Å². The van der Waals surface area contributed by atoms with Crippen molar-refractivity contribution in [3.8, 4) is 0 Å². The van der Waals surface area contributed by atoms with E-state index in [1.54, 1.807) is 0 Å². The molecule has 2 aliphatic heterocycles. The molecule has 2 saturated heterocycles. The molecule has 1 aromatic rings. The zero-order valence-corrected chi connectivity index (χ0v) is 15.3. The number of hydrogen-bond donors (Lipinski definition) is 2. The summed E-state index contributed by atoms with van der Waals surface area (Å²) in [5.74, 6) is 0.959. The Morgan fingerprint density at radius 1 is 1.20 bits per heavy atom. The highest BCUT2D eigenvalue weighted by atomic mass is 16.2. The molecule has 0 aliphatic carbocycles. The minimum Gasteiger partial charge on any atom is -0.352 e. The predicted molar refractivity (Wildman–Crippen MR) is 97.9 cm³/mol. The standard InChI is InChI=1S/C20H29N3O2/c1-14-3-5-16(6-4-14)11-22-19(24)17-7-9-23(10-8-17)20(25)15(2)18-12-21-13-18/h3-6,15,17-18,21H,7-13H2,1-2H3,(H,22,24). The Bertz CT molecular complexity index is 602. The molecule has 1 unspecified atom stereocenters. The number of hydrogen-bond acceptors (Lipinski definition) is 3. The first-order valence-corrected chi connectivity index (χ1v) is 9.37. The van der Waals surface area contributed by atoms with Crippen molar-refractivity contribution in [3.05, 3.63) is 35.4 Å². The fraction of sp³-hybridized carbons (Fsp3) is 0.600. The van der Waals surface area contributed by atoms with Gasteiger partial charge in [0.1, 0.15) is 0 Å². The Morgan fingerprint density at radius 3 is 2.40 bits per heavy atom. The number of aryl methyl sites for hydroxylation is 1. The van der Waals surface area contributed by atoms with Gasteiger partial charge in [-0.2, -0.15) is 0 Å². The van der Waals surface area contributed by atoms with E-state index in [1.165, 1.54) is 5.56 Å². The number of carbonyl (C=O) groups is 2. The number of nitrogens with zero attached hydrogens (tertiary/aromatic N) is 1. The van der Waals surface area contributed by atoms with E-state index >= 15 is 0 Å². The molecule has 1 aromatic carbocycles. The number of rotatable bonds is 5. The van der Waals surface area contributed by atoms with Gasteiger partial charge in [0.05, 0.1) is 0 Å². The molecular weight excluding hydrogens is 314 g/mol. The second-order valence-electron chi connectivity index (χ2n) is 7.51. The van der Waals surface area contributed by atoms with Crippen LogP contribution in [-0.4, -0.2) is 42.9 Å². The van der Waals surface area contributed by atoms with E-state index in [1.807, 2.05) is 24.0 Å². The maximum absolute atomic E-state index is 12.5. The number of amides is 2. The zero-order chi connectivity index (χ0) is 17.8. The molecule has 5 heteroatoms. The van der Waals surface area contributed by atoms with Crippen LogP contribution in [0.25, 0.3) is 0 Å². The summed E-state index contributed by atoms with van der Waals surface area (Å²) in [6.07, 6.45) is 1.53. The van der Waals surface area contributed by atoms with Crippen molar-refractivity contribution in [3.63, 3.8) is 0 Å². The van der Waals surface area contributed by atoms with Crippen LogP contribution in [0.3, 0.4) is 0 Å². The van der Waals surface area contributed by atoms with Crippen LogP contribution in [0.5, 0.6) is 0 Å². The molecule has 0 spiro atoms. The molecule has 2 heterocycles. The molecule has 5 nitrogen and oxygen atoms in total. The van der Waals surface area contributed by atoms with Crippen molar-refractivity contribution in [2.45, 2.75) is 33.2 Å². The van der Waals surface area contributed by atoms with Gasteiger partial charge in [-0.15, -0.1) is 0 Å². The smallest absolute Gasteiger partial charge is 0.225 e. The quantitative estimate of drug-likeness (QED) is 0.855. The van der Waals surface area contributed by atoms with Crippen LogP contribution < -0.4 is 10.6 Å². The summed E-state index contributed by atoms with van der Waals surface area (Å²) in [7, 11) is 0. The van der Waals surface area contributed by atoms with E-state index in [-0.39, 0.29) is 23.7 Å². The molecule has 3 rings (SSSR count). The van der Waals surface area contributed by atoms with Crippen molar-refractivity contribution in [2.75, 3.05) is 26.2 Å². The lowest BCUT2D eigenvalue weighted by Crippen LogP contribution is -2.52. The van der Waals surface area contributed by atoms with E-state index in [0.29, 0.717) is 25.6 Å². The Hall–Kier alpha value is -1.88. The Morgan fingerprint density at radius 2 is 1.84 bits per heavy atom. The first-order chi connectivity index (χ1) is 12.0. The van der Waals surface area contributed by atoms with Crippen molar-refractivity contribution < 1.29 is 9.59 Å². The second kappa shape index (κ2) is 8.00. The summed E-state index contributed by atoms with van der Waals surface area (Å²) in [6, 6.07) is 8.22. The molecule has 2 fully saturated rings. The number of likely N-dealkylation sites (tertiary alicyclic amines) is 1. The van der Waals surface area contributed by atoms with Crippen molar-refractivity contribution in [1.82, 2.24) is 15.5 Å². The zero-order valence-electron chi connectivity index (χ0n) is 15.3. The Labute approximate surface area is 150 Å². The van der Waals surface area contributed by atoms with Crippen LogP contribution >= 0.6 is 0 Å². The highest BCUT2D eigenvalue weighted by Crippen LogP contribution is 2.23. The van der Waals surface area contributed by atoms with Crippen LogP contribution in [-0.2, 0) is 16.1 Å². The van der Waals surface area contributed by atoms with Crippen molar-refractivity contribution >= 4 is 11.8 Å². The Kier molecular flexibility index (Phi) is 5.74. The molecule has 0 radical (unpaired) electrons. The largest absolute Gasteiger partial charge is 0.352 e. The van der Waals surface area contributed by atoms with Crippen LogP contribution in [0.4, 0.5) is 0 Å². The molecule has 0 aromatic heterocycles. The molecular formula is C20H29N3O2. The van der Waals surface area contributed by atoms with Gasteiger partial charge in [0.15, 0.2) is 0 Å². The first kappa shape index (κ1) is 17.9. The third-order valence-electron chi connectivity index (χ3n) is 5.67. The summed E-state index contributed by atoms with van der Waals surface area (Å²) in [4.78, 5) is 26.9. The summed E-state index contributed by atoms with van der Waals surface area (Å²) in [6.45, 7) is 7.96. The lowest BCUT2D eigenvalue weighted by atomic mass is 9.87. The van der Waals surface area contributed by atoms with Crippen LogP contribution in [0.2, 0.25) is 0 Å². The van der Waals surface area contributed by atoms with Gasteiger partial charge in [0.2, 0.25) is 11.8 Å². The van der Waals surface area contributed by atoms with E-state index in [9.17, 15) is 9.59 Å². The normalized spacial score (nSPS) is 20.0. The molecule has 0 saturated carbocycles. The van der Waals surface area contributed by atoms with E-state index in [2.05, 4.69) is 29.7 Å². The SMILES string of the molecule is Cc1ccc(CNC(=O)C2CCN(C(=O)C(C)C3CNC3)CC2)cc1. The van der Waals surface area contributed by atoms with Crippen LogP contribution in [0.15, 0.2) is 24.3 Å². The van der Waals surface area contributed by atoms with Gasteiger partial charge in [0, 0.05) is 31.5 Å². The van der Waals surface area contributed by atoms with Gasteiger partial charge >= 0.3 is 0 Å². The topological polar surface area (TPSA) is 61.4 Å². The summed E-state index contributed by atoms with van der Waals surface area (Å²) >= 11 is 0. The van der Waals surface area contributed by atoms with Gasteiger partial charge in [0.25, 0.3) is 0 Å². The lowest BCUT2D eigenvalue weighted by molar-refractivity contribution is -0.140. The van der Waals surface area contributed by atoms with E-state index < -0.39 is 0 Å². The predicted octanol–water partition coefficient (Wildman–Crippen LogP) is 1.71. The number of carbonyl (C=O) groups excluding carboxylic acids is 2. The highest BCUT2D eigenvalue weighted by Gasteiger charge is 2.34. The maximum Gasteiger partial charge on any atom is 0.225 e. The van der Waals surface area contributed by atoms with E-state index in [4.69, 9.17) is 0 Å². The molecule has 1 atom stereocenters. The minimum atomic E-state index is 0.0233. The first-order valence-electron chi connectivity index (χ1n) is 9.37. The van der Waals surface area contributed by atoms with Crippen molar-refractivity contribution in [1.29, 1.82) is 0 Å². The minimum absolute atomic E-state index is 0.0233. The van der Waals surface area contributed by atoms with Gasteiger partial charge in [-0.3, -0.25) is 9.59 Å². The average Bonchev–Trinajstić information content (AvgIpc) is 2.59. The van der Waals surface area contributed by atoms with Gasteiger partial charge in [-0.25, -0.2) is 0 Å². The molecule has 0 bridgehead atoms. The monoisotopic (exact) mass is 343 g/mol. The lowest BCUT2D eigenvalue weighted by Gasteiger charge is -2.37. The maximum atomic E-state index is 12.5. The molecule has 2 aliphatic rings. The fourth-order valence-corrected chi connectivity index (χ4v) is 3.56. The molecule has 2 amide bonds. The second-order valence-corrected chi connectivity index (χ2v) is 7.51. The highest BCUT2D eigenvalue weighted by molar-refractivity contribution is 5.81. The fourth-order valence-electron chi connectivity index (χ4n) is 3.56. The van der Waals surface area contributed by atoms with Crippen LogP contribution in [0.1, 0.15) is 30.9 Å². The third kappa shape index (κ3) is 4.40. The summed E-state index contributed by atoms with van der Waals surface area (Å²) < 4.78 is 0. The van der Waals surface area contributed by atoms with Crippen molar-refractivity contribution in [2.24, 2.45) is 17.8 Å².